The molecule has 2 saturated heterocycles. The van der Waals surface area contributed by atoms with Crippen molar-refractivity contribution in [3.63, 3.8) is 0 Å². The van der Waals surface area contributed by atoms with Crippen molar-refractivity contribution < 1.29 is 9.68 Å². The van der Waals surface area contributed by atoms with Gasteiger partial charge in [0.1, 0.15) is 5.75 Å². The van der Waals surface area contributed by atoms with E-state index in [1.807, 2.05) is 12.1 Å². The number of anilines is 1. The summed E-state index contributed by atoms with van der Waals surface area (Å²) in [7, 11) is 0.755. The second-order valence-electron chi connectivity index (χ2n) is 6.35. The highest BCUT2D eigenvalue weighted by atomic mass is 16.5. The fraction of sp³-hybridized carbons (Fsp3) is 0.600. The lowest BCUT2D eigenvalue weighted by Crippen LogP contribution is -2.58. The third kappa shape index (κ3) is 1.93. The smallest absolute Gasteiger partial charge is 0.537 e. The summed E-state index contributed by atoms with van der Waals surface area (Å²) in [6.45, 7) is 0. The Bertz CT molecular complexity index is 451. The van der Waals surface area contributed by atoms with Crippen LogP contribution in [0.1, 0.15) is 32.1 Å². The zero-order valence-electron chi connectivity index (χ0n) is 11.0. The van der Waals surface area contributed by atoms with Gasteiger partial charge in [-0.2, -0.15) is 0 Å². The minimum Gasteiger partial charge on any atom is -0.537 e. The van der Waals surface area contributed by atoms with E-state index in [4.69, 9.17) is 9.68 Å². The summed E-state index contributed by atoms with van der Waals surface area (Å²) < 4.78 is 5.09. The molecule has 2 aliphatic carbocycles. The fourth-order valence-corrected chi connectivity index (χ4v) is 4.73. The van der Waals surface area contributed by atoms with Gasteiger partial charge in [-0.05, 0) is 56.1 Å². The Kier molecular flexibility index (Phi) is 2.73. The van der Waals surface area contributed by atoms with Crippen LogP contribution in [0.5, 0.6) is 5.75 Å². The molecule has 19 heavy (non-hydrogen) atoms. The van der Waals surface area contributed by atoms with E-state index in [-0.39, 0.29) is 0 Å². The van der Waals surface area contributed by atoms with Crippen molar-refractivity contribution in [2.24, 2.45) is 11.8 Å². The summed E-state index contributed by atoms with van der Waals surface area (Å²) in [5.74, 6) is 2.67. The maximum absolute atomic E-state index is 8.76. The van der Waals surface area contributed by atoms with E-state index in [1.165, 1.54) is 37.8 Å². The molecule has 1 N–H and O–H groups in total. The summed E-state index contributed by atoms with van der Waals surface area (Å²) in [6.07, 6.45) is 6.94. The monoisotopic (exact) mass is 256 g/mol. The zero-order valence-corrected chi connectivity index (χ0v) is 11.0. The molecule has 2 aliphatic heterocycles. The molecule has 0 unspecified atom stereocenters. The molecule has 0 spiro atoms. The lowest BCUT2D eigenvalue weighted by Gasteiger charge is -2.57. The van der Waals surface area contributed by atoms with Gasteiger partial charge < -0.3 is 14.6 Å². The van der Waals surface area contributed by atoms with Gasteiger partial charge in [0.15, 0.2) is 0 Å². The minimum atomic E-state index is 0.716. The second-order valence-corrected chi connectivity index (χ2v) is 6.35. The Morgan fingerprint density at radius 1 is 1.05 bits per heavy atom. The molecular weight excluding hydrogens is 237 g/mol. The van der Waals surface area contributed by atoms with Gasteiger partial charge in [0.05, 0.1) is 0 Å². The Hall–Kier alpha value is -1.16. The molecule has 0 amide bonds. The number of nitrogens with zero attached hydrogens (tertiary/aromatic N) is 1. The van der Waals surface area contributed by atoms with Gasteiger partial charge in [-0.25, -0.2) is 0 Å². The largest absolute Gasteiger partial charge is 0.569 e. The van der Waals surface area contributed by atoms with E-state index in [2.05, 4.69) is 17.0 Å². The van der Waals surface area contributed by atoms with Crippen LogP contribution in [0.25, 0.3) is 0 Å². The topological polar surface area (TPSA) is 32.7 Å². The maximum Gasteiger partial charge on any atom is 0.569 e. The van der Waals surface area contributed by atoms with E-state index < -0.39 is 0 Å². The first kappa shape index (κ1) is 11.7. The van der Waals surface area contributed by atoms with Crippen molar-refractivity contribution in [1.82, 2.24) is 0 Å². The molecule has 0 aromatic heterocycles. The third-order valence-electron chi connectivity index (χ3n) is 5.18. The Morgan fingerprint density at radius 3 is 2.37 bits per heavy atom. The van der Waals surface area contributed by atoms with Crippen molar-refractivity contribution in [1.29, 1.82) is 0 Å². The van der Waals surface area contributed by atoms with Gasteiger partial charge in [-0.3, -0.25) is 0 Å². The lowest BCUT2D eigenvalue weighted by atomic mass is 9.63. The van der Waals surface area contributed by atoms with Crippen LogP contribution in [0, 0.1) is 11.8 Å². The van der Waals surface area contributed by atoms with Crippen LogP contribution < -0.4 is 9.55 Å². The van der Waals surface area contributed by atoms with E-state index in [0.29, 0.717) is 5.75 Å². The van der Waals surface area contributed by atoms with E-state index in [9.17, 15) is 0 Å². The van der Waals surface area contributed by atoms with Gasteiger partial charge in [0, 0.05) is 23.8 Å². The van der Waals surface area contributed by atoms with Gasteiger partial charge in [-0.1, -0.05) is 6.07 Å². The van der Waals surface area contributed by atoms with Crippen LogP contribution in [-0.4, -0.2) is 24.8 Å². The predicted octanol–water partition coefficient (Wildman–Crippen LogP) is 2.36. The molecule has 5 rings (SSSR count). The number of piperidine rings is 2. The summed E-state index contributed by atoms with van der Waals surface area (Å²) in [4.78, 5) is 2.62. The van der Waals surface area contributed by atoms with Crippen molar-refractivity contribution in [3.8, 4) is 5.75 Å². The van der Waals surface area contributed by atoms with Crippen LogP contribution in [0.4, 0.5) is 5.69 Å². The molecule has 3 nitrogen and oxygen atoms in total. The average molecular weight is 256 g/mol. The second kappa shape index (κ2) is 4.45. The Labute approximate surface area is 114 Å². The highest BCUT2D eigenvalue weighted by molar-refractivity contribution is 6.17. The quantitative estimate of drug-likeness (QED) is 0.842. The minimum absolute atomic E-state index is 0.716. The molecule has 1 radical (unpaired) electrons. The summed E-state index contributed by atoms with van der Waals surface area (Å²) in [5.41, 5.74) is 1.26. The lowest BCUT2D eigenvalue weighted by molar-refractivity contribution is 0.0900. The highest BCUT2D eigenvalue weighted by Crippen LogP contribution is 2.50. The molecule has 4 bridgehead atoms. The first-order chi connectivity index (χ1) is 9.33. The van der Waals surface area contributed by atoms with E-state index in [1.54, 1.807) is 0 Å². The predicted molar refractivity (Wildman–Crippen MR) is 75.2 cm³/mol. The van der Waals surface area contributed by atoms with Crippen molar-refractivity contribution in [2.75, 3.05) is 4.90 Å². The molecule has 4 fully saturated rings. The third-order valence-corrected chi connectivity index (χ3v) is 5.18. The molecule has 4 aliphatic rings. The average Bonchev–Trinajstić information content (AvgIpc) is 2.38. The molecule has 0 atom stereocenters. The van der Waals surface area contributed by atoms with Crippen molar-refractivity contribution in [2.45, 2.75) is 44.2 Å². The fourth-order valence-electron chi connectivity index (χ4n) is 4.73. The van der Waals surface area contributed by atoms with Crippen LogP contribution in [0.15, 0.2) is 24.3 Å². The Balaban J connectivity index is 1.63. The van der Waals surface area contributed by atoms with Crippen LogP contribution in [0.2, 0.25) is 0 Å². The molecule has 4 heteroatoms. The molecule has 2 saturated carbocycles. The molecular formula is C15H19BNO2. The van der Waals surface area contributed by atoms with Gasteiger partial charge in [-0.15, -0.1) is 0 Å². The van der Waals surface area contributed by atoms with Crippen molar-refractivity contribution >= 4 is 13.4 Å². The number of benzene rings is 1. The van der Waals surface area contributed by atoms with Crippen LogP contribution in [-0.2, 0) is 0 Å². The number of hydrogen-bond donors (Lipinski definition) is 1. The van der Waals surface area contributed by atoms with E-state index >= 15 is 0 Å². The molecule has 1 aromatic rings. The SMILES string of the molecule is O[B]Oc1cccc(N2C3CC4CC(C3)CC2C4)c1. The number of rotatable bonds is 3. The summed E-state index contributed by atoms with van der Waals surface area (Å²) >= 11 is 0. The van der Waals surface area contributed by atoms with Gasteiger partial charge in [0.25, 0.3) is 0 Å². The standard InChI is InChI=1S/C15H19BNO2/c18-16-19-15-3-1-2-12(9-15)17-13-5-10-4-11(7-13)8-14(17)6-10/h1-3,9-11,13-14,18H,4-8H2. The Morgan fingerprint density at radius 2 is 1.74 bits per heavy atom. The van der Waals surface area contributed by atoms with Crippen LogP contribution in [0.3, 0.4) is 0 Å². The normalized spacial score (nSPS) is 35.5. The van der Waals surface area contributed by atoms with E-state index in [0.717, 1.165) is 31.6 Å². The van der Waals surface area contributed by atoms with Crippen molar-refractivity contribution in [3.05, 3.63) is 24.3 Å². The highest BCUT2D eigenvalue weighted by Gasteiger charge is 2.46. The molecule has 1 aromatic carbocycles. The molecule has 99 valence electrons. The molecule has 2 heterocycles. The van der Waals surface area contributed by atoms with Gasteiger partial charge >= 0.3 is 7.69 Å². The first-order valence-corrected chi connectivity index (χ1v) is 7.34. The van der Waals surface area contributed by atoms with Gasteiger partial charge in [0.2, 0.25) is 0 Å². The zero-order chi connectivity index (χ0) is 12.8. The van der Waals surface area contributed by atoms with Crippen LogP contribution >= 0.6 is 0 Å². The number of hydrogen-bond acceptors (Lipinski definition) is 3. The first-order valence-electron chi connectivity index (χ1n) is 7.34. The summed E-state index contributed by atoms with van der Waals surface area (Å²) in [5, 5.41) is 8.76. The maximum atomic E-state index is 8.76. The summed E-state index contributed by atoms with van der Waals surface area (Å²) in [6, 6.07) is 9.57.